The number of carbonyl (C=O) groups excluding carboxylic acids is 3. The summed E-state index contributed by atoms with van der Waals surface area (Å²) in [5, 5.41) is 13.0. The Labute approximate surface area is 162 Å². The fourth-order valence-electron chi connectivity index (χ4n) is 2.33. The molecule has 9 nitrogen and oxygen atoms in total. The molecule has 142 valence electrons. The molecule has 0 unspecified atom stereocenters. The lowest BCUT2D eigenvalue weighted by Gasteiger charge is -2.08. The number of carbonyl (C=O) groups is 3. The summed E-state index contributed by atoms with van der Waals surface area (Å²) < 4.78 is 10.2. The van der Waals surface area contributed by atoms with Crippen LogP contribution >= 0.6 is 11.8 Å². The maximum atomic E-state index is 11.6. The van der Waals surface area contributed by atoms with E-state index in [4.69, 9.17) is 4.74 Å². The number of nitro groups is 1. The minimum absolute atomic E-state index is 0.0161. The number of nitrogens with one attached hydrogen (secondary N) is 1. The van der Waals surface area contributed by atoms with E-state index in [0.717, 1.165) is 11.8 Å². The zero-order valence-electron chi connectivity index (χ0n) is 14.3. The van der Waals surface area contributed by atoms with Crippen LogP contribution < -0.4 is 10.1 Å². The van der Waals surface area contributed by atoms with Gasteiger partial charge in [0.05, 0.1) is 22.5 Å². The molecular formula is C18H12N2O7S. The first-order chi connectivity index (χ1) is 13.4. The predicted octanol–water partition coefficient (Wildman–Crippen LogP) is 3.50. The van der Waals surface area contributed by atoms with Crippen LogP contribution in [0.3, 0.4) is 0 Å². The van der Waals surface area contributed by atoms with Crippen molar-refractivity contribution >= 4 is 40.6 Å². The molecule has 28 heavy (non-hydrogen) atoms. The number of benzene rings is 2. The number of nitrogens with zero attached hydrogens (tertiary/aromatic N) is 1. The van der Waals surface area contributed by atoms with Gasteiger partial charge >= 0.3 is 11.7 Å². The summed E-state index contributed by atoms with van der Waals surface area (Å²) >= 11 is 0.718. The standard InChI is InChI=1S/C18H12N2O7S/c1-26-17(22)11-3-5-12(6-4-11)27-14-7-2-10(8-13(14)20(24)25)9-15-16(21)19-18(23)28-15/h2-9H,1H3,(H,19,21,23)/b15-9+. The monoisotopic (exact) mass is 400 g/mol. The highest BCUT2D eigenvalue weighted by Gasteiger charge is 2.25. The molecule has 10 heteroatoms. The SMILES string of the molecule is COC(=O)c1ccc(Oc2ccc(/C=C3/SC(=O)NC3=O)cc2[N+](=O)[O-])cc1. The van der Waals surface area contributed by atoms with E-state index in [-0.39, 0.29) is 22.1 Å². The van der Waals surface area contributed by atoms with Gasteiger partial charge in [0.1, 0.15) is 5.75 Å². The molecule has 1 aliphatic heterocycles. The van der Waals surface area contributed by atoms with Gasteiger partial charge < -0.3 is 9.47 Å². The molecule has 0 aliphatic carbocycles. The second-order valence-corrected chi connectivity index (χ2v) is 6.47. The van der Waals surface area contributed by atoms with Gasteiger partial charge in [-0.1, -0.05) is 6.07 Å². The summed E-state index contributed by atoms with van der Waals surface area (Å²) in [4.78, 5) is 45.2. The van der Waals surface area contributed by atoms with Gasteiger partial charge in [0.25, 0.3) is 11.1 Å². The lowest BCUT2D eigenvalue weighted by atomic mass is 10.1. The summed E-state index contributed by atoms with van der Waals surface area (Å²) in [6, 6.07) is 10.1. The van der Waals surface area contributed by atoms with Crippen LogP contribution in [0.2, 0.25) is 0 Å². The first-order valence-corrected chi connectivity index (χ1v) is 8.58. The van der Waals surface area contributed by atoms with Crippen molar-refractivity contribution in [2.45, 2.75) is 0 Å². The van der Waals surface area contributed by atoms with Crippen LogP contribution in [0, 0.1) is 10.1 Å². The summed E-state index contributed by atoms with van der Waals surface area (Å²) in [6.45, 7) is 0. The first kappa shape index (κ1) is 19.1. The topological polar surface area (TPSA) is 125 Å². The molecule has 3 rings (SSSR count). The molecule has 1 heterocycles. The third kappa shape index (κ3) is 4.18. The molecule has 0 bridgehead atoms. The average molecular weight is 400 g/mol. The van der Waals surface area contributed by atoms with Gasteiger partial charge in [0.2, 0.25) is 5.75 Å². The molecule has 1 N–H and O–H groups in total. The quantitative estimate of drug-likeness (QED) is 0.350. The third-order valence-electron chi connectivity index (χ3n) is 3.62. The van der Waals surface area contributed by atoms with E-state index in [9.17, 15) is 24.5 Å². The van der Waals surface area contributed by atoms with Crippen molar-refractivity contribution in [3.63, 3.8) is 0 Å². The molecule has 2 amide bonds. The molecule has 2 aromatic carbocycles. The Hall–Kier alpha value is -3.66. The summed E-state index contributed by atoms with van der Waals surface area (Å²) in [6.07, 6.45) is 1.38. The van der Waals surface area contributed by atoms with Gasteiger partial charge in [0.15, 0.2) is 0 Å². The summed E-state index contributed by atoms with van der Waals surface area (Å²) in [5.41, 5.74) is 0.363. The molecular weight excluding hydrogens is 388 g/mol. The van der Waals surface area contributed by atoms with Crippen molar-refractivity contribution in [1.82, 2.24) is 5.32 Å². The molecule has 0 spiro atoms. The molecule has 0 aromatic heterocycles. The minimum atomic E-state index is -0.618. The van der Waals surface area contributed by atoms with Crippen molar-refractivity contribution in [2.75, 3.05) is 7.11 Å². The Balaban J connectivity index is 1.87. The maximum absolute atomic E-state index is 11.6. The molecule has 0 radical (unpaired) electrons. The van der Waals surface area contributed by atoms with Crippen LogP contribution in [0.25, 0.3) is 6.08 Å². The normalized spacial score (nSPS) is 14.7. The smallest absolute Gasteiger partial charge is 0.337 e. The predicted molar refractivity (Wildman–Crippen MR) is 100 cm³/mol. The van der Waals surface area contributed by atoms with Crippen LogP contribution in [0.15, 0.2) is 47.4 Å². The average Bonchev–Trinajstić information content (AvgIpc) is 2.99. The van der Waals surface area contributed by atoms with Gasteiger partial charge in [-0.05, 0) is 53.7 Å². The Bertz CT molecular complexity index is 1020. The van der Waals surface area contributed by atoms with E-state index in [1.54, 1.807) is 0 Å². The first-order valence-electron chi connectivity index (χ1n) is 7.77. The van der Waals surface area contributed by atoms with Gasteiger partial charge in [-0.2, -0.15) is 0 Å². The molecule has 0 atom stereocenters. The Morgan fingerprint density at radius 3 is 2.46 bits per heavy atom. The molecule has 1 saturated heterocycles. The van der Waals surface area contributed by atoms with Gasteiger partial charge in [-0.3, -0.25) is 25.0 Å². The second kappa shape index (κ2) is 7.92. The lowest BCUT2D eigenvalue weighted by molar-refractivity contribution is -0.385. The number of ether oxygens (including phenoxy) is 2. The number of hydrogen-bond donors (Lipinski definition) is 1. The van der Waals surface area contributed by atoms with Gasteiger partial charge in [-0.15, -0.1) is 0 Å². The number of esters is 1. The van der Waals surface area contributed by atoms with E-state index in [0.29, 0.717) is 11.1 Å². The van der Waals surface area contributed by atoms with Crippen LogP contribution in [0.1, 0.15) is 15.9 Å². The van der Waals surface area contributed by atoms with Crippen molar-refractivity contribution in [1.29, 1.82) is 0 Å². The van der Waals surface area contributed by atoms with Gasteiger partial charge in [-0.25, -0.2) is 4.79 Å². The number of amides is 2. The Morgan fingerprint density at radius 1 is 1.18 bits per heavy atom. The van der Waals surface area contributed by atoms with Crippen LogP contribution in [-0.2, 0) is 9.53 Å². The molecule has 2 aromatic rings. The molecule has 0 saturated carbocycles. The van der Waals surface area contributed by atoms with E-state index >= 15 is 0 Å². The summed E-state index contributed by atoms with van der Waals surface area (Å²) in [5.74, 6) is -0.790. The fourth-order valence-corrected chi connectivity index (χ4v) is 3.01. The lowest BCUT2D eigenvalue weighted by Crippen LogP contribution is -2.17. The minimum Gasteiger partial charge on any atom is -0.465 e. The summed E-state index contributed by atoms with van der Waals surface area (Å²) in [7, 11) is 1.26. The third-order valence-corrected chi connectivity index (χ3v) is 4.43. The fraction of sp³-hybridized carbons (Fsp3) is 0.0556. The second-order valence-electron chi connectivity index (χ2n) is 5.45. The Morgan fingerprint density at radius 2 is 1.89 bits per heavy atom. The number of hydrogen-bond acceptors (Lipinski definition) is 8. The highest BCUT2D eigenvalue weighted by Crippen LogP contribution is 2.34. The maximum Gasteiger partial charge on any atom is 0.337 e. The van der Waals surface area contributed by atoms with Crippen molar-refractivity contribution in [2.24, 2.45) is 0 Å². The van der Waals surface area contributed by atoms with Crippen LogP contribution in [-0.4, -0.2) is 29.1 Å². The van der Waals surface area contributed by atoms with Gasteiger partial charge in [0, 0.05) is 6.07 Å². The number of methoxy groups -OCH3 is 1. The van der Waals surface area contributed by atoms with Crippen molar-refractivity contribution in [3.8, 4) is 11.5 Å². The van der Waals surface area contributed by atoms with Crippen LogP contribution in [0.5, 0.6) is 11.5 Å². The number of thioether (sulfide) groups is 1. The molecule has 1 aliphatic rings. The van der Waals surface area contributed by atoms with E-state index < -0.39 is 22.0 Å². The number of imide groups is 1. The van der Waals surface area contributed by atoms with E-state index in [2.05, 4.69) is 10.1 Å². The molecule has 1 fully saturated rings. The zero-order valence-corrected chi connectivity index (χ0v) is 15.1. The zero-order chi connectivity index (χ0) is 20.3. The highest BCUT2D eigenvalue weighted by atomic mass is 32.2. The van der Waals surface area contributed by atoms with Crippen LogP contribution in [0.4, 0.5) is 10.5 Å². The van der Waals surface area contributed by atoms with Crippen molar-refractivity contribution < 1.29 is 28.8 Å². The Kier molecular flexibility index (Phi) is 5.41. The van der Waals surface area contributed by atoms with E-state index in [1.165, 1.54) is 55.7 Å². The number of rotatable bonds is 5. The largest absolute Gasteiger partial charge is 0.465 e. The van der Waals surface area contributed by atoms with Crippen molar-refractivity contribution in [3.05, 3.63) is 68.6 Å². The number of nitro benzene ring substituents is 1. The highest BCUT2D eigenvalue weighted by molar-refractivity contribution is 8.18. The van der Waals surface area contributed by atoms with E-state index in [1.807, 2.05) is 0 Å².